The summed E-state index contributed by atoms with van der Waals surface area (Å²) in [5.41, 5.74) is 1.28. The quantitative estimate of drug-likeness (QED) is 0.779. The van der Waals surface area contributed by atoms with Gasteiger partial charge in [0.1, 0.15) is 6.42 Å². The summed E-state index contributed by atoms with van der Waals surface area (Å²) < 4.78 is 10.5. The summed E-state index contributed by atoms with van der Waals surface area (Å²) in [4.78, 5) is 23.8. The fourth-order valence-electron chi connectivity index (χ4n) is 2.29. The predicted octanol–water partition coefficient (Wildman–Crippen LogP) is 3.37. The van der Waals surface area contributed by atoms with Crippen LogP contribution < -0.4 is 20.1 Å². The topological polar surface area (TPSA) is 76.7 Å². The largest absolute Gasteiger partial charge is 0.454 e. The smallest absolute Gasteiger partial charge is 0.233 e. The molecule has 2 aromatic carbocycles. The first-order chi connectivity index (χ1) is 12.0. The van der Waals surface area contributed by atoms with Gasteiger partial charge in [0, 0.05) is 22.3 Å². The fraction of sp³-hybridized carbons (Fsp3) is 0.176. The number of hydrogen-bond acceptors (Lipinski definition) is 4. The molecule has 6 nitrogen and oxygen atoms in total. The van der Waals surface area contributed by atoms with Crippen LogP contribution in [0.25, 0.3) is 0 Å². The van der Waals surface area contributed by atoms with E-state index >= 15 is 0 Å². The lowest BCUT2D eigenvalue weighted by Gasteiger charge is -2.08. The van der Waals surface area contributed by atoms with Gasteiger partial charge in [0.05, 0.1) is 0 Å². The number of rotatable bonds is 5. The summed E-state index contributed by atoms with van der Waals surface area (Å²) in [5, 5.41) is 6.06. The van der Waals surface area contributed by atoms with Crippen molar-refractivity contribution in [3.63, 3.8) is 0 Å². The third kappa shape index (κ3) is 4.78. The number of halogens is 2. The minimum absolute atomic E-state index is 0.193. The standard InChI is InChI=1S/C17H14Cl2N2O4/c18-11-4-12(19)6-13(5-11)21-17(23)7-16(22)20-8-10-1-2-14-15(3-10)25-9-24-14/h1-6H,7-9H2,(H,20,22)(H,21,23). The van der Waals surface area contributed by atoms with Crippen molar-refractivity contribution in [1.82, 2.24) is 5.32 Å². The number of nitrogens with one attached hydrogen (secondary N) is 2. The third-order valence-electron chi connectivity index (χ3n) is 3.39. The number of ether oxygens (including phenoxy) is 2. The molecule has 0 radical (unpaired) electrons. The highest BCUT2D eigenvalue weighted by molar-refractivity contribution is 6.35. The van der Waals surface area contributed by atoms with Gasteiger partial charge in [0.15, 0.2) is 11.5 Å². The molecule has 8 heteroatoms. The SMILES string of the molecule is O=C(CC(=O)Nc1cc(Cl)cc(Cl)c1)NCc1ccc2c(c1)OCO2. The first-order valence-electron chi connectivity index (χ1n) is 7.41. The van der Waals surface area contributed by atoms with E-state index in [0.717, 1.165) is 5.56 Å². The minimum atomic E-state index is -0.457. The molecule has 0 saturated carbocycles. The summed E-state index contributed by atoms with van der Waals surface area (Å²) in [6, 6.07) is 10.0. The monoisotopic (exact) mass is 380 g/mol. The second-order valence-corrected chi connectivity index (χ2v) is 6.22. The van der Waals surface area contributed by atoms with Crippen molar-refractivity contribution in [3.8, 4) is 11.5 Å². The molecule has 2 amide bonds. The number of carbonyl (C=O) groups excluding carboxylic acids is 2. The molecule has 0 fully saturated rings. The van der Waals surface area contributed by atoms with Crippen molar-refractivity contribution in [3.05, 3.63) is 52.0 Å². The molecule has 0 saturated heterocycles. The molecule has 1 aliphatic rings. The van der Waals surface area contributed by atoms with E-state index in [1.165, 1.54) is 0 Å². The Bertz CT molecular complexity index is 806. The van der Waals surface area contributed by atoms with Gasteiger partial charge in [0.2, 0.25) is 18.6 Å². The van der Waals surface area contributed by atoms with Crippen molar-refractivity contribution < 1.29 is 19.1 Å². The van der Waals surface area contributed by atoms with E-state index in [-0.39, 0.29) is 19.8 Å². The van der Waals surface area contributed by atoms with Gasteiger partial charge in [-0.2, -0.15) is 0 Å². The van der Waals surface area contributed by atoms with Gasteiger partial charge < -0.3 is 20.1 Å². The zero-order valence-electron chi connectivity index (χ0n) is 13.0. The summed E-state index contributed by atoms with van der Waals surface area (Å²) in [6.07, 6.45) is -0.311. The highest BCUT2D eigenvalue weighted by Crippen LogP contribution is 2.32. The van der Waals surface area contributed by atoms with Crippen molar-refractivity contribution in [2.75, 3.05) is 12.1 Å². The van der Waals surface area contributed by atoms with Gasteiger partial charge in [0.25, 0.3) is 0 Å². The number of hydrogen-bond donors (Lipinski definition) is 2. The van der Waals surface area contributed by atoms with Crippen LogP contribution in [0.4, 0.5) is 5.69 Å². The number of amides is 2. The number of carbonyl (C=O) groups is 2. The molecular weight excluding hydrogens is 367 g/mol. The van der Waals surface area contributed by atoms with Crippen LogP contribution in [0.15, 0.2) is 36.4 Å². The number of anilines is 1. The Morgan fingerprint density at radius 2 is 1.68 bits per heavy atom. The average Bonchev–Trinajstić information content (AvgIpc) is 2.99. The molecule has 2 aromatic rings. The maximum absolute atomic E-state index is 11.9. The average molecular weight is 381 g/mol. The van der Waals surface area contributed by atoms with Crippen LogP contribution >= 0.6 is 23.2 Å². The van der Waals surface area contributed by atoms with E-state index in [1.807, 2.05) is 6.07 Å². The Morgan fingerprint density at radius 1 is 0.960 bits per heavy atom. The normalized spacial score (nSPS) is 11.9. The Morgan fingerprint density at radius 3 is 2.44 bits per heavy atom. The summed E-state index contributed by atoms with van der Waals surface area (Å²) in [5.74, 6) is 0.460. The van der Waals surface area contributed by atoms with Gasteiger partial charge >= 0.3 is 0 Å². The van der Waals surface area contributed by atoms with Crippen LogP contribution in [0.2, 0.25) is 10.0 Å². The van der Waals surface area contributed by atoms with Crippen LogP contribution in [0, 0.1) is 0 Å². The second-order valence-electron chi connectivity index (χ2n) is 5.35. The first-order valence-corrected chi connectivity index (χ1v) is 8.16. The van der Waals surface area contributed by atoms with E-state index in [1.54, 1.807) is 30.3 Å². The molecule has 0 bridgehead atoms. The van der Waals surface area contributed by atoms with Crippen LogP contribution in [0.1, 0.15) is 12.0 Å². The van der Waals surface area contributed by atoms with Gasteiger partial charge in [-0.15, -0.1) is 0 Å². The predicted molar refractivity (Wildman–Crippen MR) is 94.1 cm³/mol. The van der Waals surface area contributed by atoms with Crippen LogP contribution in [0.5, 0.6) is 11.5 Å². The molecule has 0 unspecified atom stereocenters. The van der Waals surface area contributed by atoms with Crippen molar-refractivity contribution in [2.45, 2.75) is 13.0 Å². The van der Waals surface area contributed by atoms with Crippen molar-refractivity contribution in [2.24, 2.45) is 0 Å². The van der Waals surface area contributed by atoms with E-state index in [9.17, 15) is 9.59 Å². The van der Waals surface area contributed by atoms with E-state index in [2.05, 4.69) is 10.6 Å². The fourth-order valence-corrected chi connectivity index (χ4v) is 2.82. The van der Waals surface area contributed by atoms with Gasteiger partial charge in [-0.1, -0.05) is 29.3 Å². The zero-order valence-corrected chi connectivity index (χ0v) is 14.5. The summed E-state index contributed by atoms with van der Waals surface area (Å²) in [7, 11) is 0. The molecule has 2 N–H and O–H groups in total. The minimum Gasteiger partial charge on any atom is -0.454 e. The number of fused-ring (bicyclic) bond motifs is 1. The van der Waals surface area contributed by atoms with Crippen LogP contribution in [-0.4, -0.2) is 18.6 Å². The first kappa shape index (κ1) is 17.4. The molecule has 25 heavy (non-hydrogen) atoms. The highest BCUT2D eigenvalue weighted by atomic mass is 35.5. The molecule has 0 spiro atoms. The van der Waals surface area contributed by atoms with Crippen molar-refractivity contribution >= 4 is 40.7 Å². The Kier molecular flexibility index (Phi) is 5.31. The lowest BCUT2D eigenvalue weighted by molar-refractivity contribution is -0.126. The summed E-state index contributed by atoms with van der Waals surface area (Å²) in [6.45, 7) is 0.477. The van der Waals surface area contributed by atoms with Crippen molar-refractivity contribution in [1.29, 1.82) is 0 Å². The Labute approximate surface area is 154 Å². The van der Waals surface area contributed by atoms with E-state index in [4.69, 9.17) is 32.7 Å². The van der Waals surface area contributed by atoms with E-state index in [0.29, 0.717) is 27.2 Å². The van der Waals surface area contributed by atoms with Gasteiger partial charge in [-0.05, 0) is 35.9 Å². The molecule has 0 atom stereocenters. The lowest BCUT2D eigenvalue weighted by Crippen LogP contribution is -2.27. The molecule has 0 aromatic heterocycles. The maximum Gasteiger partial charge on any atom is 0.233 e. The van der Waals surface area contributed by atoms with Crippen LogP contribution in [-0.2, 0) is 16.1 Å². The van der Waals surface area contributed by atoms with Gasteiger partial charge in [-0.3, -0.25) is 9.59 Å². The maximum atomic E-state index is 11.9. The molecule has 1 heterocycles. The molecule has 3 rings (SSSR count). The second kappa shape index (κ2) is 7.63. The molecule has 130 valence electrons. The molecule has 0 aliphatic carbocycles. The lowest BCUT2D eigenvalue weighted by atomic mass is 10.2. The Balaban J connectivity index is 1.49. The Hall–Kier alpha value is -2.44. The molecule has 1 aliphatic heterocycles. The van der Waals surface area contributed by atoms with E-state index < -0.39 is 11.8 Å². The third-order valence-corrected chi connectivity index (χ3v) is 3.83. The van der Waals surface area contributed by atoms with Gasteiger partial charge in [-0.25, -0.2) is 0 Å². The number of benzene rings is 2. The zero-order chi connectivity index (χ0) is 17.8. The molecular formula is C17H14Cl2N2O4. The summed E-state index contributed by atoms with van der Waals surface area (Å²) >= 11 is 11.7. The van der Waals surface area contributed by atoms with Crippen LogP contribution in [0.3, 0.4) is 0 Å². The highest BCUT2D eigenvalue weighted by Gasteiger charge is 2.14.